The second-order valence-corrected chi connectivity index (χ2v) is 17.2. The minimum absolute atomic E-state index is 0.0243. The third-order valence-electron chi connectivity index (χ3n) is 12.1. The molecule has 1 amide bonds. The summed E-state index contributed by atoms with van der Waals surface area (Å²) in [6, 6.07) is 4.97. The van der Waals surface area contributed by atoms with E-state index >= 15 is 0 Å². The molecule has 3 aliphatic rings. The van der Waals surface area contributed by atoms with Crippen LogP contribution in [0.5, 0.6) is 0 Å². The van der Waals surface area contributed by atoms with Gasteiger partial charge in [-0.25, -0.2) is 4.99 Å². The minimum atomic E-state index is -1.86. The first kappa shape index (κ1) is 46.2. The van der Waals surface area contributed by atoms with E-state index < -0.39 is 83.2 Å². The van der Waals surface area contributed by atoms with E-state index in [0.29, 0.717) is 23.1 Å². The van der Waals surface area contributed by atoms with Crippen molar-refractivity contribution in [1.82, 2.24) is 10.1 Å². The van der Waals surface area contributed by atoms with E-state index in [1.807, 2.05) is 32.8 Å². The van der Waals surface area contributed by atoms with Crippen LogP contribution >= 0.6 is 0 Å². The average molecular weight is 830 g/mol. The zero-order chi connectivity index (χ0) is 43.6. The van der Waals surface area contributed by atoms with Crippen LogP contribution in [0.1, 0.15) is 87.1 Å². The van der Waals surface area contributed by atoms with Crippen LogP contribution in [-0.4, -0.2) is 131 Å². The van der Waals surface area contributed by atoms with Gasteiger partial charge in [0.2, 0.25) is 5.91 Å². The number of carbonyl (C=O) groups excluding carboxylic acids is 3. The molecular formula is C42H63N5O12. The van der Waals surface area contributed by atoms with Crippen molar-refractivity contribution >= 4 is 45.9 Å². The minimum Gasteiger partial charge on any atom is -0.459 e. The monoisotopic (exact) mass is 829 g/mol. The van der Waals surface area contributed by atoms with Crippen molar-refractivity contribution in [2.45, 2.75) is 142 Å². The third kappa shape index (κ3) is 10.2. The summed E-state index contributed by atoms with van der Waals surface area (Å²) >= 11 is 0. The lowest BCUT2D eigenvalue weighted by molar-refractivity contribution is -0.296. The summed E-state index contributed by atoms with van der Waals surface area (Å²) in [4.78, 5) is 53.5. The molecule has 0 aliphatic carbocycles. The number of nitrogens with zero attached hydrogens (tertiary/aromatic N) is 4. The number of aromatic nitrogens is 1. The fourth-order valence-electron chi connectivity index (χ4n) is 8.90. The van der Waals surface area contributed by atoms with Crippen molar-refractivity contribution in [3.63, 3.8) is 0 Å². The molecule has 59 heavy (non-hydrogen) atoms. The van der Waals surface area contributed by atoms with Crippen LogP contribution in [0.3, 0.4) is 0 Å². The molecule has 4 N–H and O–H groups in total. The van der Waals surface area contributed by atoms with Crippen LogP contribution in [0.25, 0.3) is 11.0 Å². The number of nitrogens with two attached hydrogens (primary N) is 1. The molecule has 1 aromatic carbocycles. The summed E-state index contributed by atoms with van der Waals surface area (Å²) in [5.74, 6) is -5.15. The fraction of sp³-hybridized carbons (Fsp3) is 0.714. The summed E-state index contributed by atoms with van der Waals surface area (Å²) in [5, 5.41) is 33.0. The van der Waals surface area contributed by atoms with Crippen molar-refractivity contribution in [3.8, 4) is 0 Å². The topological polar surface area (TPSA) is 227 Å². The summed E-state index contributed by atoms with van der Waals surface area (Å²) in [7, 11) is 3.72. The molecule has 2 bridgehead atoms. The van der Waals surface area contributed by atoms with Gasteiger partial charge in [-0.15, -0.1) is 0 Å². The predicted octanol–water partition coefficient (Wildman–Crippen LogP) is 3.85. The van der Waals surface area contributed by atoms with Crippen LogP contribution < -0.4 is 5.73 Å². The maximum Gasteiger partial charge on any atom is 0.316 e. The Hall–Kier alpha value is -3.84. The number of carbonyl (C=O) groups is 3. The van der Waals surface area contributed by atoms with Crippen molar-refractivity contribution < 1.29 is 57.6 Å². The van der Waals surface area contributed by atoms with E-state index in [9.17, 15) is 24.6 Å². The molecule has 328 valence electrons. The summed E-state index contributed by atoms with van der Waals surface area (Å²) in [5.41, 5.74) is 4.62. The first-order valence-electron chi connectivity index (χ1n) is 20.5. The number of ketones is 1. The van der Waals surface area contributed by atoms with Gasteiger partial charge >= 0.3 is 5.97 Å². The van der Waals surface area contributed by atoms with Gasteiger partial charge in [-0.1, -0.05) is 44.1 Å². The molecule has 5 rings (SSSR count). The summed E-state index contributed by atoms with van der Waals surface area (Å²) in [6.07, 6.45) is -5.20. The molecule has 3 fully saturated rings. The number of nitrogen functional groups attached to an aromatic ring is 1. The highest BCUT2D eigenvalue weighted by atomic mass is 16.7. The highest BCUT2D eigenvalue weighted by Gasteiger charge is 2.53. The van der Waals surface area contributed by atoms with Gasteiger partial charge in [0.25, 0.3) is 0 Å². The third-order valence-corrected chi connectivity index (χ3v) is 12.1. The lowest BCUT2D eigenvalue weighted by atomic mass is 9.73. The molecule has 3 aliphatic heterocycles. The Bertz CT molecular complexity index is 1880. The highest BCUT2D eigenvalue weighted by Crippen LogP contribution is 2.40. The van der Waals surface area contributed by atoms with Crippen LogP contribution in [0.15, 0.2) is 32.9 Å². The van der Waals surface area contributed by atoms with Crippen LogP contribution in [0.4, 0.5) is 5.82 Å². The van der Waals surface area contributed by atoms with Crippen molar-refractivity contribution in [3.05, 3.63) is 23.8 Å². The first-order valence-corrected chi connectivity index (χ1v) is 20.5. The van der Waals surface area contributed by atoms with E-state index in [2.05, 4.69) is 15.3 Å². The molecule has 0 radical (unpaired) electrons. The number of amides is 1. The number of ether oxygens (including phenoxy) is 5. The smallest absolute Gasteiger partial charge is 0.316 e. The van der Waals surface area contributed by atoms with Crippen molar-refractivity contribution in [2.75, 3.05) is 33.0 Å². The molecule has 17 nitrogen and oxygen atoms in total. The van der Waals surface area contributed by atoms with Gasteiger partial charge in [-0.3, -0.25) is 14.4 Å². The highest BCUT2D eigenvalue weighted by molar-refractivity contribution is 6.00. The summed E-state index contributed by atoms with van der Waals surface area (Å²) in [6.45, 7) is 14.6. The normalized spacial score (nSPS) is 38.2. The fourth-order valence-corrected chi connectivity index (χ4v) is 8.90. The second-order valence-electron chi connectivity index (χ2n) is 17.2. The molecule has 13 atom stereocenters. The number of fused-ring (bicyclic) bond motifs is 6. The molecule has 0 saturated carbocycles. The first-order chi connectivity index (χ1) is 27.7. The number of likely N-dealkylation sites (N-methyl/N-ethyl adjacent to an activating group) is 1. The SMILES string of the molecule is CC[C@H]1OC(=O)[C@H](C)C(=O)[C@H](C)[C@@H](O[C@@H]2O[C@H](C)C[C@H](N(C)C)[C@H]2O)[C@@]2(C)C[C@@H](C)C(=NC(C)=O)[C@H](C)[C@H](OC/C(=N\OCc3ccc4onc(N)c4c3)CO2)[C@]1(C)O. The quantitative estimate of drug-likeness (QED) is 0.205. The largest absolute Gasteiger partial charge is 0.459 e. The van der Waals surface area contributed by atoms with Gasteiger partial charge in [0.1, 0.15) is 36.0 Å². The van der Waals surface area contributed by atoms with E-state index in [4.69, 9.17) is 38.8 Å². The zero-order valence-electron chi connectivity index (χ0n) is 36.2. The predicted molar refractivity (Wildman–Crippen MR) is 217 cm³/mol. The lowest BCUT2D eigenvalue weighted by Crippen LogP contribution is -2.60. The zero-order valence-corrected chi connectivity index (χ0v) is 36.2. The average Bonchev–Trinajstić information content (AvgIpc) is 3.54. The lowest BCUT2D eigenvalue weighted by Gasteiger charge is -2.47. The van der Waals surface area contributed by atoms with Gasteiger partial charge in [0, 0.05) is 30.5 Å². The van der Waals surface area contributed by atoms with Crippen molar-refractivity contribution in [1.29, 1.82) is 0 Å². The molecular weight excluding hydrogens is 766 g/mol. The Balaban J connectivity index is 1.66. The Kier molecular flexibility index (Phi) is 14.8. The number of oxime groups is 1. The number of anilines is 1. The number of aliphatic hydroxyl groups excluding tert-OH is 1. The molecule has 4 heterocycles. The van der Waals surface area contributed by atoms with E-state index in [-0.39, 0.29) is 56.3 Å². The maximum absolute atomic E-state index is 14.5. The Morgan fingerprint density at radius 2 is 1.81 bits per heavy atom. The molecule has 0 spiro atoms. The molecule has 0 unspecified atom stereocenters. The molecule has 1 aromatic heterocycles. The van der Waals surface area contributed by atoms with Crippen LogP contribution in [0, 0.1) is 23.7 Å². The van der Waals surface area contributed by atoms with Crippen molar-refractivity contribution in [2.24, 2.45) is 33.8 Å². The number of Topliss-reactive ketones (excluding diaryl/α,β-unsaturated/α-hetero) is 1. The van der Waals surface area contributed by atoms with Crippen LogP contribution in [0.2, 0.25) is 0 Å². The molecule has 2 aromatic rings. The van der Waals surface area contributed by atoms with Gasteiger partial charge < -0.3 is 53.9 Å². The number of hydrogen-bond donors (Lipinski definition) is 3. The second kappa shape index (κ2) is 18.8. The standard InChI is InChI=1S/C42H63N5O12/c1-12-32-42(9,52)37-23(4)33(44-26(7)48)21(2)17-41(8,54-20-28(19-53-37)45-55-18-27-13-14-31-29(16-27)38(43)46-59-31)36(24(5)34(49)25(6)39(51)57-32)58-40-35(50)30(47(10)11)15-22(3)56-40/h13-14,16,21-25,30,32,35-37,40,50,52H,12,15,17-20H2,1-11H3,(H2,43,46)/b44-33?,45-28+/t21-,22-,23+,24+,25-,30+,32-,35-,36-,37+,40+,41-,42-/m1/s1. The van der Waals surface area contributed by atoms with E-state index in [0.717, 1.165) is 5.56 Å². The Morgan fingerprint density at radius 3 is 2.47 bits per heavy atom. The van der Waals surface area contributed by atoms with E-state index in [1.54, 1.807) is 45.9 Å². The Morgan fingerprint density at radius 1 is 1.10 bits per heavy atom. The Labute approximate surface area is 345 Å². The number of hydrogen-bond acceptors (Lipinski definition) is 16. The van der Waals surface area contributed by atoms with E-state index in [1.165, 1.54) is 20.8 Å². The summed E-state index contributed by atoms with van der Waals surface area (Å²) < 4.78 is 37.6. The maximum atomic E-state index is 14.5. The number of aliphatic imine (C=N–C) groups is 1. The number of esters is 1. The molecule has 3 saturated heterocycles. The van der Waals surface area contributed by atoms with Gasteiger partial charge in [0.05, 0.1) is 42.5 Å². The van der Waals surface area contributed by atoms with Gasteiger partial charge in [0.15, 0.2) is 23.5 Å². The van der Waals surface area contributed by atoms with Crippen LogP contribution in [-0.2, 0) is 49.5 Å². The number of rotatable bonds is 7. The molecule has 17 heteroatoms. The van der Waals surface area contributed by atoms with Gasteiger partial charge in [-0.05, 0) is 84.7 Å². The number of aliphatic hydroxyl groups is 2. The number of benzene rings is 1. The number of cyclic esters (lactones) is 1. The van der Waals surface area contributed by atoms with Gasteiger partial charge in [-0.2, -0.15) is 0 Å².